The highest BCUT2D eigenvalue weighted by atomic mass is 19.1. The molecular formula is C27H30FN7O. The molecule has 8 nitrogen and oxygen atoms in total. The summed E-state index contributed by atoms with van der Waals surface area (Å²) in [5.74, 6) is 1.85. The molecule has 2 aliphatic rings. The average molecular weight is 488 g/mol. The highest BCUT2D eigenvalue weighted by Crippen LogP contribution is 2.42. The van der Waals surface area contributed by atoms with Gasteiger partial charge in [-0.3, -0.25) is 4.98 Å². The minimum absolute atomic E-state index is 0.167. The second-order valence-corrected chi connectivity index (χ2v) is 9.71. The molecule has 4 heterocycles. The first-order valence-electron chi connectivity index (χ1n) is 12.6. The molecule has 4 N–H and O–H groups in total. The van der Waals surface area contributed by atoms with Gasteiger partial charge in [0.2, 0.25) is 0 Å². The van der Waals surface area contributed by atoms with Crippen molar-refractivity contribution in [3.05, 3.63) is 71.8 Å². The number of anilines is 2. The number of piperidine rings is 1. The van der Waals surface area contributed by atoms with Crippen LogP contribution in [-0.4, -0.2) is 50.4 Å². The Morgan fingerprint density at radius 1 is 1.11 bits per heavy atom. The maximum absolute atomic E-state index is 15.0. The number of benzene rings is 1. The summed E-state index contributed by atoms with van der Waals surface area (Å²) in [7, 11) is 0. The lowest BCUT2D eigenvalue weighted by atomic mass is 9.95. The van der Waals surface area contributed by atoms with Gasteiger partial charge in [0, 0.05) is 54.5 Å². The Morgan fingerprint density at radius 2 is 2.03 bits per heavy atom. The van der Waals surface area contributed by atoms with E-state index < -0.39 is 0 Å². The fourth-order valence-electron chi connectivity index (χ4n) is 4.82. The standard InChI is InChI=1S/C27H30FN7O/c28-22-11-18(23-3-1-2-9-30-23)6-7-19(22)13-32-26-12-25(31-14-20-8-10-29-16-24(20)36)34-27-21(17-4-5-17)15-33-35(26)27/h1-3,6-7,9,11-12,15,17,20,24,29,32,36H,4-5,8,10,13-14,16H2,(H,31,34)/t20-,24+/m1/s1. The maximum atomic E-state index is 15.0. The van der Waals surface area contributed by atoms with Crippen LogP contribution in [0.1, 0.15) is 36.3 Å². The highest BCUT2D eigenvalue weighted by Gasteiger charge is 2.28. The van der Waals surface area contributed by atoms with Crippen LogP contribution in [0.25, 0.3) is 16.9 Å². The van der Waals surface area contributed by atoms with Crippen LogP contribution in [0, 0.1) is 11.7 Å². The summed E-state index contributed by atoms with van der Waals surface area (Å²) in [4.78, 5) is 9.16. The molecule has 1 saturated heterocycles. The summed E-state index contributed by atoms with van der Waals surface area (Å²) >= 11 is 0. The molecule has 2 fully saturated rings. The predicted octanol–water partition coefficient (Wildman–Crippen LogP) is 3.80. The van der Waals surface area contributed by atoms with Crippen molar-refractivity contribution in [3.8, 4) is 11.3 Å². The smallest absolute Gasteiger partial charge is 0.163 e. The first kappa shape index (κ1) is 22.9. The van der Waals surface area contributed by atoms with Gasteiger partial charge < -0.3 is 21.1 Å². The number of aromatic nitrogens is 4. The maximum Gasteiger partial charge on any atom is 0.163 e. The van der Waals surface area contributed by atoms with Crippen LogP contribution in [-0.2, 0) is 6.54 Å². The molecule has 0 amide bonds. The fourth-order valence-corrected chi connectivity index (χ4v) is 4.82. The van der Waals surface area contributed by atoms with Gasteiger partial charge in [-0.15, -0.1) is 0 Å². The molecule has 0 unspecified atom stereocenters. The lowest BCUT2D eigenvalue weighted by molar-refractivity contribution is 0.0883. The van der Waals surface area contributed by atoms with E-state index in [0.29, 0.717) is 31.1 Å². The molecule has 1 aliphatic carbocycles. The Hall–Kier alpha value is -3.56. The average Bonchev–Trinajstić information content (AvgIpc) is 3.66. The number of hydrogen-bond donors (Lipinski definition) is 4. The molecule has 6 rings (SSSR count). The quantitative estimate of drug-likeness (QED) is 0.300. The first-order valence-corrected chi connectivity index (χ1v) is 12.6. The van der Waals surface area contributed by atoms with Crippen LogP contribution < -0.4 is 16.0 Å². The zero-order chi connectivity index (χ0) is 24.5. The molecular weight excluding hydrogens is 457 g/mol. The Kier molecular flexibility index (Phi) is 6.25. The summed E-state index contributed by atoms with van der Waals surface area (Å²) in [5, 5.41) is 24.9. The van der Waals surface area contributed by atoms with E-state index in [2.05, 4.69) is 26.0 Å². The third-order valence-electron chi connectivity index (χ3n) is 7.12. The lowest BCUT2D eigenvalue weighted by Gasteiger charge is -2.28. The molecule has 2 atom stereocenters. The van der Waals surface area contributed by atoms with Crippen molar-refractivity contribution in [2.45, 2.75) is 37.8 Å². The van der Waals surface area contributed by atoms with Crippen molar-refractivity contribution >= 4 is 17.3 Å². The molecule has 9 heteroatoms. The normalized spacial score (nSPS) is 19.9. The van der Waals surface area contributed by atoms with Gasteiger partial charge in [0.1, 0.15) is 17.5 Å². The highest BCUT2D eigenvalue weighted by molar-refractivity contribution is 5.62. The lowest BCUT2D eigenvalue weighted by Crippen LogP contribution is -2.43. The van der Waals surface area contributed by atoms with Gasteiger partial charge in [-0.1, -0.05) is 18.2 Å². The number of aliphatic hydroxyl groups excluding tert-OH is 1. The Morgan fingerprint density at radius 3 is 2.81 bits per heavy atom. The monoisotopic (exact) mass is 487 g/mol. The molecule has 3 aromatic heterocycles. The second-order valence-electron chi connectivity index (χ2n) is 9.71. The third kappa shape index (κ3) is 4.76. The molecule has 36 heavy (non-hydrogen) atoms. The molecule has 0 radical (unpaired) electrons. The number of aliphatic hydroxyl groups is 1. The zero-order valence-electron chi connectivity index (χ0n) is 20.0. The first-order chi connectivity index (χ1) is 17.7. The van der Waals surface area contributed by atoms with Crippen LogP contribution in [0.5, 0.6) is 0 Å². The Labute approximate surface area is 209 Å². The zero-order valence-corrected chi connectivity index (χ0v) is 20.0. The topological polar surface area (TPSA) is 99.4 Å². The van der Waals surface area contributed by atoms with Crippen molar-refractivity contribution in [1.29, 1.82) is 0 Å². The van der Waals surface area contributed by atoms with Crippen LogP contribution in [0.2, 0.25) is 0 Å². The summed E-state index contributed by atoms with van der Waals surface area (Å²) in [5.41, 5.74) is 4.01. The van der Waals surface area contributed by atoms with E-state index in [9.17, 15) is 9.50 Å². The number of pyridine rings is 1. The largest absolute Gasteiger partial charge is 0.391 e. The van der Waals surface area contributed by atoms with E-state index in [1.807, 2.05) is 36.5 Å². The van der Waals surface area contributed by atoms with Crippen molar-refractivity contribution in [1.82, 2.24) is 24.9 Å². The third-order valence-corrected chi connectivity index (χ3v) is 7.12. The number of nitrogens with zero attached hydrogens (tertiary/aromatic N) is 4. The van der Waals surface area contributed by atoms with Crippen LogP contribution in [0.4, 0.5) is 16.0 Å². The van der Waals surface area contributed by atoms with E-state index >= 15 is 0 Å². The van der Waals surface area contributed by atoms with Gasteiger partial charge >= 0.3 is 0 Å². The minimum Gasteiger partial charge on any atom is -0.391 e. The summed E-state index contributed by atoms with van der Waals surface area (Å²) in [6.07, 6.45) is 6.44. The number of rotatable bonds is 8. The summed E-state index contributed by atoms with van der Waals surface area (Å²) in [6.45, 7) is 2.47. The second kappa shape index (κ2) is 9.83. The van der Waals surface area contributed by atoms with Crippen LogP contribution >= 0.6 is 0 Å². The van der Waals surface area contributed by atoms with Gasteiger partial charge in [0.25, 0.3) is 0 Å². The summed E-state index contributed by atoms with van der Waals surface area (Å²) < 4.78 is 16.8. The molecule has 1 saturated carbocycles. The van der Waals surface area contributed by atoms with E-state index in [1.54, 1.807) is 16.8 Å². The number of fused-ring (bicyclic) bond motifs is 1. The predicted molar refractivity (Wildman–Crippen MR) is 137 cm³/mol. The van der Waals surface area contributed by atoms with E-state index in [0.717, 1.165) is 59.9 Å². The SMILES string of the molecule is O[C@H]1CNCC[C@@H]1CNc1cc(NCc2ccc(-c3ccccn3)cc2F)n2ncc(C3CC3)c2n1. The van der Waals surface area contributed by atoms with Crippen molar-refractivity contribution < 1.29 is 9.50 Å². The van der Waals surface area contributed by atoms with Crippen molar-refractivity contribution in [2.24, 2.45) is 5.92 Å². The Bertz CT molecular complexity index is 1360. The van der Waals surface area contributed by atoms with Gasteiger partial charge in [-0.25, -0.2) is 9.37 Å². The Balaban J connectivity index is 1.23. The molecule has 1 aromatic carbocycles. The van der Waals surface area contributed by atoms with Crippen molar-refractivity contribution in [3.63, 3.8) is 0 Å². The number of nitrogens with one attached hydrogen (secondary N) is 3. The van der Waals surface area contributed by atoms with Gasteiger partial charge in [0.05, 0.1) is 18.0 Å². The van der Waals surface area contributed by atoms with Gasteiger partial charge in [-0.05, 0) is 49.9 Å². The van der Waals surface area contributed by atoms with Crippen molar-refractivity contribution in [2.75, 3.05) is 30.3 Å². The number of hydrogen-bond acceptors (Lipinski definition) is 7. The molecule has 1 aliphatic heterocycles. The molecule has 4 aromatic rings. The number of halogens is 1. The van der Waals surface area contributed by atoms with E-state index in [1.165, 1.54) is 6.07 Å². The molecule has 186 valence electrons. The fraction of sp³-hybridized carbons (Fsp3) is 0.370. The van der Waals surface area contributed by atoms with Gasteiger partial charge in [0.15, 0.2) is 5.65 Å². The summed E-state index contributed by atoms with van der Waals surface area (Å²) in [6, 6.07) is 12.7. The van der Waals surface area contributed by atoms with Gasteiger partial charge in [-0.2, -0.15) is 9.61 Å². The van der Waals surface area contributed by atoms with E-state index in [-0.39, 0.29) is 17.8 Å². The minimum atomic E-state index is -0.374. The molecule has 0 spiro atoms. The van der Waals surface area contributed by atoms with Crippen LogP contribution in [0.3, 0.4) is 0 Å². The number of β-amino-alcohol motifs (C(OH)–C–C–N with tert-alkyl or cyclic N) is 1. The van der Waals surface area contributed by atoms with E-state index in [4.69, 9.17) is 4.98 Å². The van der Waals surface area contributed by atoms with Crippen LogP contribution in [0.15, 0.2) is 54.9 Å². The molecule has 0 bridgehead atoms.